The van der Waals surface area contributed by atoms with Crippen molar-refractivity contribution in [1.82, 2.24) is 9.80 Å². The molecule has 0 aromatic heterocycles. The predicted octanol–water partition coefficient (Wildman–Crippen LogP) is 9.06. The topological polar surface area (TPSA) is 24.9 Å². The second-order valence-electron chi connectivity index (χ2n) is 13.1. The van der Waals surface area contributed by atoms with E-state index >= 15 is 0 Å². The Bertz CT molecular complexity index is 1290. The van der Waals surface area contributed by atoms with Gasteiger partial charge in [-0.1, -0.05) is 110 Å². The van der Waals surface area contributed by atoms with Crippen LogP contribution in [-0.4, -0.2) is 61.3 Å². The first-order valence-electron chi connectivity index (χ1n) is 17.6. The molecule has 0 N–H and O–H groups in total. The average molecular weight is 619 g/mol. The van der Waals surface area contributed by atoms with Crippen molar-refractivity contribution in [3.05, 3.63) is 131 Å². The zero-order valence-corrected chi connectivity index (χ0v) is 28.2. The van der Waals surface area contributed by atoms with Crippen molar-refractivity contribution in [1.29, 1.82) is 0 Å². The lowest BCUT2D eigenvalue weighted by Crippen LogP contribution is -2.40. The lowest BCUT2D eigenvalue weighted by Gasteiger charge is -2.32. The molecule has 2 aliphatic rings. The molecule has 0 spiro atoms. The molecule has 2 unspecified atom stereocenters. The van der Waals surface area contributed by atoms with Crippen LogP contribution in [0.2, 0.25) is 0 Å². The van der Waals surface area contributed by atoms with E-state index in [-0.39, 0.29) is 0 Å². The van der Waals surface area contributed by atoms with Crippen LogP contribution in [0.25, 0.3) is 0 Å². The maximum absolute atomic E-state index is 6.18. The van der Waals surface area contributed by atoms with Crippen LogP contribution in [0.4, 0.5) is 0 Å². The van der Waals surface area contributed by atoms with Gasteiger partial charge in [0, 0.05) is 24.9 Å². The van der Waals surface area contributed by atoms with Gasteiger partial charge < -0.3 is 9.47 Å². The molecule has 4 aromatic rings. The minimum absolute atomic E-state index is 0.486. The minimum atomic E-state index is 0.486. The van der Waals surface area contributed by atoms with E-state index < -0.39 is 0 Å². The summed E-state index contributed by atoms with van der Waals surface area (Å²) in [4.78, 5) is 5.12. The highest BCUT2D eigenvalue weighted by Crippen LogP contribution is 2.24. The minimum Gasteiger partial charge on any atom is -0.492 e. The van der Waals surface area contributed by atoms with Crippen LogP contribution < -0.4 is 9.47 Å². The number of piperidine rings is 2. The Kier molecular flexibility index (Phi) is 13.6. The third-order valence-corrected chi connectivity index (χ3v) is 9.41. The molecule has 2 saturated heterocycles. The van der Waals surface area contributed by atoms with Crippen molar-refractivity contribution < 1.29 is 9.47 Å². The number of rotatable bonds is 12. The summed E-state index contributed by atoms with van der Waals surface area (Å²) in [6.45, 7) is 11.0. The Morgan fingerprint density at radius 3 is 1.20 bits per heavy atom. The number of hydrogen-bond acceptors (Lipinski definition) is 4. The summed E-state index contributed by atoms with van der Waals surface area (Å²) in [5.74, 6) is 2.06. The molecule has 2 heterocycles. The molecule has 0 amide bonds. The maximum atomic E-state index is 6.18. The third kappa shape index (κ3) is 10.7. The van der Waals surface area contributed by atoms with Gasteiger partial charge in [0.05, 0.1) is 0 Å². The molecule has 0 saturated carbocycles. The first-order chi connectivity index (χ1) is 22.7. The number of benzene rings is 4. The Morgan fingerprint density at radius 2 is 0.804 bits per heavy atom. The van der Waals surface area contributed by atoms with Gasteiger partial charge in [0.15, 0.2) is 0 Å². The van der Waals surface area contributed by atoms with Gasteiger partial charge in [0.2, 0.25) is 0 Å². The average Bonchev–Trinajstić information content (AvgIpc) is 3.12. The van der Waals surface area contributed by atoms with Gasteiger partial charge in [-0.15, -0.1) is 0 Å². The van der Waals surface area contributed by atoms with Crippen LogP contribution in [-0.2, 0) is 12.8 Å². The number of likely N-dealkylation sites (tertiary alicyclic amines) is 2. The van der Waals surface area contributed by atoms with Crippen LogP contribution in [0.1, 0.15) is 74.6 Å². The van der Waals surface area contributed by atoms with Crippen molar-refractivity contribution in [3.8, 4) is 11.5 Å². The highest BCUT2D eigenvalue weighted by Gasteiger charge is 2.19. The van der Waals surface area contributed by atoms with Crippen molar-refractivity contribution in [2.24, 2.45) is 0 Å². The van der Waals surface area contributed by atoms with Gasteiger partial charge in [-0.05, 0) is 100 Å². The van der Waals surface area contributed by atoms with E-state index in [1.807, 2.05) is 0 Å². The maximum Gasteiger partial charge on any atom is 0.122 e. The molecule has 0 bridgehead atoms. The van der Waals surface area contributed by atoms with E-state index in [1.165, 1.54) is 87.0 Å². The van der Waals surface area contributed by atoms with Crippen LogP contribution in [0.3, 0.4) is 0 Å². The summed E-state index contributed by atoms with van der Waals surface area (Å²) < 4.78 is 12.4. The molecule has 0 aliphatic carbocycles. The van der Waals surface area contributed by atoms with Crippen molar-refractivity contribution in [3.63, 3.8) is 0 Å². The molecular weight excluding hydrogens is 564 g/mol. The first-order valence-corrected chi connectivity index (χ1v) is 17.6. The van der Waals surface area contributed by atoms with Crippen molar-refractivity contribution in [2.75, 3.05) is 39.4 Å². The van der Waals surface area contributed by atoms with E-state index in [9.17, 15) is 0 Å². The number of nitrogens with zero attached hydrogens (tertiary/aromatic N) is 2. The zero-order valence-electron chi connectivity index (χ0n) is 28.2. The molecule has 2 fully saturated rings. The van der Waals surface area contributed by atoms with Crippen LogP contribution in [0.15, 0.2) is 109 Å². The molecule has 6 rings (SSSR count). The molecule has 2 atom stereocenters. The van der Waals surface area contributed by atoms with Crippen molar-refractivity contribution >= 4 is 0 Å². The fourth-order valence-electron chi connectivity index (χ4n) is 6.56. The predicted molar refractivity (Wildman–Crippen MR) is 192 cm³/mol. The molecule has 4 nitrogen and oxygen atoms in total. The highest BCUT2D eigenvalue weighted by atomic mass is 16.5. The molecule has 4 aromatic carbocycles. The highest BCUT2D eigenvalue weighted by molar-refractivity contribution is 5.38. The van der Waals surface area contributed by atoms with Gasteiger partial charge in [0.25, 0.3) is 0 Å². The second kappa shape index (κ2) is 18.5. The molecule has 46 heavy (non-hydrogen) atoms. The Morgan fingerprint density at radius 1 is 0.457 bits per heavy atom. The van der Waals surface area contributed by atoms with E-state index in [4.69, 9.17) is 9.47 Å². The standard InChI is InChI=1S/2C21H27NO/c2*1-18(22-14-8-3-9-15-22)17-23-21-13-7-6-12-20(21)16-19-10-4-2-5-11-19/h2*2,4-7,10-13,18H,3,8-9,14-17H2,1H3. The van der Waals surface area contributed by atoms with Gasteiger partial charge >= 0.3 is 0 Å². The largest absolute Gasteiger partial charge is 0.492 e. The second-order valence-corrected chi connectivity index (χ2v) is 13.1. The summed E-state index contributed by atoms with van der Waals surface area (Å²) in [5.41, 5.74) is 5.19. The van der Waals surface area contributed by atoms with E-state index in [2.05, 4.69) is 133 Å². The summed E-state index contributed by atoms with van der Waals surface area (Å²) in [7, 11) is 0. The normalized spacial score (nSPS) is 16.9. The molecule has 4 heteroatoms. The Hall–Kier alpha value is -3.60. The van der Waals surface area contributed by atoms with Gasteiger partial charge in [-0.2, -0.15) is 0 Å². The molecule has 0 radical (unpaired) electrons. The fraction of sp³-hybridized carbons (Fsp3) is 0.429. The Labute approximate surface area is 278 Å². The summed E-state index contributed by atoms with van der Waals surface area (Å²) in [6, 6.07) is 39.0. The molecular formula is C42H54N2O2. The summed E-state index contributed by atoms with van der Waals surface area (Å²) >= 11 is 0. The van der Waals surface area contributed by atoms with Crippen LogP contribution >= 0.6 is 0 Å². The monoisotopic (exact) mass is 618 g/mol. The number of para-hydroxylation sites is 2. The Balaban J connectivity index is 0.000000181. The number of ether oxygens (including phenoxy) is 2. The van der Waals surface area contributed by atoms with E-state index in [0.29, 0.717) is 12.1 Å². The summed E-state index contributed by atoms with van der Waals surface area (Å²) in [5, 5.41) is 0. The smallest absolute Gasteiger partial charge is 0.122 e. The quantitative estimate of drug-likeness (QED) is 0.158. The zero-order chi connectivity index (χ0) is 31.8. The van der Waals surface area contributed by atoms with Gasteiger partial charge in [-0.3, -0.25) is 9.80 Å². The first kappa shape index (κ1) is 33.8. The van der Waals surface area contributed by atoms with Crippen LogP contribution in [0.5, 0.6) is 11.5 Å². The number of hydrogen-bond donors (Lipinski definition) is 0. The fourth-order valence-corrected chi connectivity index (χ4v) is 6.56. The van der Waals surface area contributed by atoms with Crippen molar-refractivity contribution in [2.45, 2.75) is 77.3 Å². The van der Waals surface area contributed by atoms with E-state index in [1.54, 1.807) is 0 Å². The lowest BCUT2D eigenvalue weighted by atomic mass is 10.0. The van der Waals surface area contributed by atoms with Crippen LogP contribution in [0, 0.1) is 0 Å². The van der Waals surface area contributed by atoms with Gasteiger partial charge in [-0.25, -0.2) is 0 Å². The summed E-state index contributed by atoms with van der Waals surface area (Å²) in [6.07, 6.45) is 9.92. The SMILES string of the molecule is CC(COc1ccccc1Cc1ccccc1)N1CCCCC1.CC(COc1ccccc1Cc1ccccc1)N1CCCCC1. The van der Waals surface area contributed by atoms with E-state index in [0.717, 1.165) is 37.6 Å². The lowest BCUT2D eigenvalue weighted by molar-refractivity contribution is 0.124. The molecule has 2 aliphatic heterocycles. The molecule has 244 valence electrons. The third-order valence-electron chi connectivity index (χ3n) is 9.41. The van der Waals surface area contributed by atoms with Gasteiger partial charge in [0.1, 0.15) is 24.7 Å².